The maximum atomic E-state index is 11.6. The molecule has 2 unspecified atom stereocenters. The molecule has 0 aliphatic carbocycles. The molecule has 1 aromatic rings. The number of aryl methyl sites for hydroxylation is 1. The Morgan fingerprint density at radius 3 is 2.62 bits per heavy atom. The van der Waals surface area contributed by atoms with Gasteiger partial charge in [0.05, 0.1) is 11.8 Å². The van der Waals surface area contributed by atoms with E-state index in [9.17, 15) is 18.3 Å². The zero-order chi connectivity index (χ0) is 16.3. The molecule has 2 atom stereocenters. The minimum Gasteiger partial charge on any atom is -0.480 e. The largest absolute Gasteiger partial charge is 0.480 e. The van der Waals surface area contributed by atoms with Crippen LogP contribution in [0.1, 0.15) is 38.1 Å². The molecule has 0 aliphatic rings. The first-order chi connectivity index (χ1) is 9.60. The molecule has 8 heteroatoms. The van der Waals surface area contributed by atoms with E-state index in [0.29, 0.717) is 24.3 Å². The Labute approximate surface area is 123 Å². The number of aliphatic hydroxyl groups excluding tert-OH is 1. The normalized spacial score (nSPS) is 16.4. The monoisotopic (exact) mass is 319 g/mol. The van der Waals surface area contributed by atoms with Crippen molar-refractivity contribution in [3.8, 4) is 0 Å². The first-order valence-corrected chi connectivity index (χ1v) is 8.54. The highest BCUT2D eigenvalue weighted by atomic mass is 32.2. The number of hydrogen-bond acceptors (Lipinski definition) is 6. The molecule has 0 bridgehead atoms. The van der Waals surface area contributed by atoms with E-state index in [1.54, 1.807) is 6.07 Å². The topological polar surface area (TPSA) is 118 Å². The molecule has 0 aromatic carbocycles. The van der Waals surface area contributed by atoms with Gasteiger partial charge in [-0.3, -0.25) is 4.79 Å². The van der Waals surface area contributed by atoms with E-state index in [0.717, 1.165) is 6.26 Å². The van der Waals surface area contributed by atoms with Gasteiger partial charge in [-0.15, -0.1) is 0 Å². The first kappa shape index (κ1) is 17.6. The standard InChI is InChI=1S/C13H21NO6S/c1-4-10(15)8-11-7-9(14-20-11)5-6-13(2,12(16)17)21(3,18)19/h7,10,15H,4-6,8H2,1-3H3,(H,16,17). The number of aliphatic carboxylic acids is 1. The summed E-state index contributed by atoms with van der Waals surface area (Å²) in [6, 6.07) is 1.61. The summed E-state index contributed by atoms with van der Waals surface area (Å²) in [6.45, 7) is 3.03. The van der Waals surface area contributed by atoms with E-state index in [-0.39, 0.29) is 12.8 Å². The predicted octanol–water partition coefficient (Wildman–Crippen LogP) is 0.808. The van der Waals surface area contributed by atoms with Crippen LogP contribution in [0.3, 0.4) is 0 Å². The molecule has 0 amide bonds. The summed E-state index contributed by atoms with van der Waals surface area (Å²) >= 11 is 0. The molecule has 0 saturated heterocycles. The summed E-state index contributed by atoms with van der Waals surface area (Å²) in [6.07, 6.45) is 1.37. The van der Waals surface area contributed by atoms with Gasteiger partial charge in [-0.05, 0) is 26.2 Å². The average Bonchev–Trinajstić information content (AvgIpc) is 2.81. The van der Waals surface area contributed by atoms with Crippen LogP contribution < -0.4 is 0 Å². The molecule has 7 nitrogen and oxygen atoms in total. The van der Waals surface area contributed by atoms with E-state index >= 15 is 0 Å². The Balaban J connectivity index is 2.77. The second-order valence-electron chi connectivity index (χ2n) is 5.36. The molecule has 1 rings (SSSR count). The highest BCUT2D eigenvalue weighted by molar-refractivity contribution is 7.92. The molecule has 2 N–H and O–H groups in total. The summed E-state index contributed by atoms with van der Waals surface area (Å²) in [4.78, 5) is 11.2. The van der Waals surface area contributed by atoms with E-state index < -0.39 is 26.7 Å². The summed E-state index contributed by atoms with van der Waals surface area (Å²) in [5.74, 6) is -0.883. The van der Waals surface area contributed by atoms with Gasteiger partial charge >= 0.3 is 5.97 Å². The molecule has 0 aliphatic heterocycles. The first-order valence-electron chi connectivity index (χ1n) is 6.65. The molecule has 0 radical (unpaired) electrons. The van der Waals surface area contributed by atoms with Gasteiger partial charge in [-0.1, -0.05) is 12.1 Å². The number of nitrogens with zero attached hydrogens (tertiary/aromatic N) is 1. The van der Waals surface area contributed by atoms with Crippen LogP contribution in [0.4, 0.5) is 0 Å². The number of aliphatic hydroxyl groups is 1. The van der Waals surface area contributed by atoms with Crippen LogP contribution >= 0.6 is 0 Å². The van der Waals surface area contributed by atoms with E-state index in [4.69, 9.17) is 9.63 Å². The minimum atomic E-state index is -3.75. The third-order valence-electron chi connectivity index (χ3n) is 3.64. The van der Waals surface area contributed by atoms with Crippen LogP contribution in [-0.4, -0.2) is 46.9 Å². The van der Waals surface area contributed by atoms with Crippen molar-refractivity contribution >= 4 is 15.8 Å². The van der Waals surface area contributed by atoms with Crippen molar-refractivity contribution in [3.05, 3.63) is 17.5 Å². The van der Waals surface area contributed by atoms with Crippen LogP contribution in [0.25, 0.3) is 0 Å². The molecular formula is C13H21NO6S. The Kier molecular flexibility index (Phi) is 5.52. The molecule has 0 fully saturated rings. The number of carbonyl (C=O) groups is 1. The zero-order valence-corrected chi connectivity index (χ0v) is 13.2. The Bertz CT molecular complexity index is 594. The average molecular weight is 319 g/mol. The highest BCUT2D eigenvalue weighted by Gasteiger charge is 2.43. The fourth-order valence-electron chi connectivity index (χ4n) is 1.76. The fourth-order valence-corrected chi connectivity index (χ4v) is 2.55. The Morgan fingerprint density at radius 1 is 1.52 bits per heavy atom. The number of sulfone groups is 1. The number of hydrogen-bond donors (Lipinski definition) is 2. The summed E-state index contributed by atoms with van der Waals surface area (Å²) in [7, 11) is -3.75. The van der Waals surface area contributed by atoms with Gasteiger partial charge in [0.2, 0.25) is 0 Å². The quantitative estimate of drug-likeness (QED) is 0.728. The van der Waals surface area contributed by atoms with Crippen molar-refractivity contribution in [2.45, 2.75) is 50.4 Å². The number of carboxylic acids is 1. The molecule has 21 heavy (non-hydrogen) atoms. The fraction of sp³-hybridized carbons (Fsp3) is 0.692. The van der Waals surface area contributed by atoms with Gasteiger partial charge in [0.1, 0.15) is 5.76 Å². The molecule has 120 valence electrons. The molecule has 0 saturated carbocycles. The lowest BCUT2D eigenvalue weighted by atomic mass is 10.0. The van der Waals surface area contributed by atoms with Crippen molar-refractivity contribution < 1.29 is 27.9 Å². The minimum absolute atomic E-state index is 0.0938. The second kappa shape index (κ2) is 6.57. The third-order valence-corrected chi connectivity index (χ3v) is 5.66. The van der Waals surface area contributed by atoms with E-state index in [2.05, 4.69) is 5.16 Å². The van der Waals surface area contributed by atoms with E-state index in [1.807, 2.05) is 6.92 Å². The van der Waals surface area contributed by atoms with Gasteiger partial charge in [0.25, 0.3) is 0 Å². The van der Waals surface area contributed by atoms with Gasteiger partial charge in [-0.2, -0.15) is 0 Å². The predicted molar refractivity (Wildman–Crippen MR) is 75.7 cm³/mol. The van der Waals surface area contributed by atoms with Crippen LogP contribution in [0.5, 0.6) is 0 Å². The van der Waals surface area contributed by atoms with Crippen LogP contribution in [-0.2, 0) is 27.5 Å². The summed E-state index contributed by atoms with van der Waals surface area (Å²) < 4.78 is 26.5. The van der Waals surface area contributed by atoms with Gasteiger partial charge in [0.15, 0.2) is 14.6 Å². The van der Waals surface area contributed by atoms with Crippen LogP contribution in [0.2, 0.25) is 0 Å². The molecular weight excluding hydrogens is 298 g/mol. The van der Waals surface area contributed by atoms with E-state index in [1.165, 1.54) is 6.92 Å². The number of carboxylic acid groups (broad SMARTS) is 1. The highest BCUT2D eigenvalue weighted by Crippen LogP contribution is 2.23. The maximum absolute atomic E-state index is 11.6. The molecule has 1 heterocycles. The Morgan fingerprint density at radius 2 is 2.14 bits per heavy atom. The lowest BCUT2D eigenvalue weighted by molar-refractivity contribution is -0.139. The Hall–Kier alpha value is -1.41. The van der Waals surface area contributed by atoms with Crippen molar-refractivity contribution in [2.75, 3.05) is 6.26 Å². The third kappa shape index (κ3) is 4.28. The maximum Gasteiger partial charge on any atom is 0.324 e. The molecule has 1 aromatic heterocycles. The summed E-state index contributed by atoms with van der Waals surface area (Å²) in [5, 5.41) is 22.4. The smallest absolute Gasteiger partial charge is 0.324 e. The zero-order valence-electron chi connectivity index (χ0n) is 12.4. The van der Waals surface area contributed by atoms with Gasteiger partial charge < -0.3 is 14.7 Å². The van der Waals surface area contributed by atoms with Crippen molar-refractivity contribution in [2.24, 2.45) is 0 Å². The van der Waals surface area contributed by atoms with Gasteiger partial charge in [0, 0.05) is 18.7 Å². The van der Waals surface area contributed by atoms with Crippen molar-refractivity contribution in [1.29, 1.82) is 0 Å². The van der Waals surface area contributed by atoms with Crippen molar-refractivity contribution in [1.82, 2.24) is 5.16 Å². The number of aromatic nitrogens is 1. The number of rotatable bonds is 8. The SMILES string of the molecule is CCC(O)Cc1cc(CCC(C)(C(=O)O)S(C)(=O)=O)no1. The van der Waals surface area contributed by atoms with Gasteiger partial charge in [-0.25, -0.2) is 8.42 Å². The lowest BCUT2D eigenvalue weighted by Gasteiger charge is -2.21. The summed E-state index contributed by atoms with van der Waals surface area (Å²) in [5.41, 5.74) is 0.476. The van der Waals surface area contributed by atoms with Crippen LogP contribution in [0, 0.1) is 0 Å². The van der Waals surface area contributed by atoms with Crippen molar-refractivity contribution in [3.63, 3.8) is 0 Å². The van der Waals surface area contributed by atoms with Crippen LogP contribution in [0.15, 0.2) is 10.6 Å². The lowest BCUT2D eigenvalue weighted by Crippen LogP contribution is -2.43. The second-order valence-corrected chi connectivity index (χ2v) is 7.80. The molecule has 0 spiro atoms.